The van der Waals surface area contributed by atoms with Gasteiger partial charge in [-0.15, -0.1) is 0 Å². The molecule has 61 heavy (non-hydrogen) atoms. The molecule has 0 radical (unpaired) electrons. The number of aromatic nitrogens is 2. The second kappa shape index (κ2) is 17.6. The third kappa shape index (κ3) is 8.29. The molecule has 0 bridgehead atoms. The molecule has 2 aromatic heterocycles. The van der Waals surface area contributed by atoms with E-state index in [0.717, 1.165) is 115 Å². The van der Waals surface area contributed by atoms with E-state index in [1.165, 1.54) is 0 Å². The lowest BCUT2D eigenvalue weighted by atomic mass is 9.57. The first-order chi connectivity index (χ1) is 29.5. The Morgan fingerprint density at radius 1 is 0.885 bits per heavy atom. The molecule has 2 saturated heterocycles. The van der Waals surface area contributed by atoms with Gasteiger partial charge >= 0.3 is 0 Å². The van der Waals surface area contributed by atoms with Crippen LogP contribution in [0.3, 0.4) is 0 Å². The third-order valence-corrected chi connectivity index (χ3v) is 13.1. The molecule has 14 heteroatoms. The Balaban J connectivity index is 0.718. The number of likely N-dealkylation sites (tertiary alicyclic amines) is 1. The summed E-state index contributed by atoms with van der Waals surface area (Å²) < 4.78 is 13.4. The normalized spacial score (nSPS) is 18.5. The quantitative estimate of drug-likeness (QED) is 0.105. The van der Waals surface area contributed by atoms with E-state index in [4.69, 9.17) is 9.47 Å². The molecule has 5 amide bonds. The van der Waals surface area contributed by atoms with Gasteiger partial charge in [-0.05, 0) is 84.7 Å². The van der Waals surface area contributed by atoms with E-state index in [9.17, 15) is 28.8 Å². The Morgan fingerprint density at radius 3 is 2.30 bits per heavy atom. The van der Waals surface area contributed by atoms with Gasteiger partial charge in [0.05, 0.1) is 36.3 Å². The van der Waals surface area contributed by atoms with Crippen LogP contribution in [-0.2, 0) is 34.4 Å². The number of pyridine rings is 2. The molecule has 3 aliphatic heterocycles. The zero-order valence-electron chi connectivity index (χ0n) is 35.2. The first-order valence-electron chi connectivity index (χ1n) is 21.5. The zero-order chi connectivity index (χ0) is 42.8. The number of nitrogens with zero attached hydrogens (tertiary/aromatic N) is 4. The molecule has 1 spiro atoms. The number of hydrogen-bond acceptors (Lipinski definition) is 10. The summed E-state index contributed by atoms with van der Waals surface area (Å²) >= 11 is 0. The lowest BCUT2D eigenvalue weighted by Crippen LogP contribution is -2.63. The van der Waals surface area contributed by atoms with Crippen molar-refractivity contribution < 1.29 is 33.4 Å². The number of hydrogen-bond donors (Lipinski definition) is 2. The maximum absolute atomic E-state index is 13.3. The Morgan fingerprint density at radius 2 is 1.59 bits per heavy atom. The second-order valence-electron chi connectivity index (χ2n) is 17.3. The summed E-state index contributed by atoms with van der Waals surface area (Å²) in [6.45, 7) is 3.22. The highest BCUT2D eigenvalue weighted by atomic mass is 16.5. The summed E-state index contributed by atoms with van der Waals surface area (Å²) in [5.74, 6) is -0.226. The molecular formula is C47H54N6O8. The fourth-order valence-electron chi connectivity index (χ4n) is 9.98. The van der Waals surface area contributed by atoms with Crippen LogP contribution in [0, 0.1) is 11.3 Å². The van der Waals surface area contributed by atoms with Gasteiger partial charge < -0.3 is 19.4 Å². The summed E-state index contributed by atoms with van der Waals surface area (Å²) in [6, 6.07) is 10.2. The number of aryl methyl sites for hydroxylation is 2. The van der Waals surface area contributed by atoms with Crippen LogP contribution in [0.5, 0.6) is 11.5 Å². The Labute approximate surface area is 355 Å². The van der Waals surface area contributed by atoms with Crippen molar-refractivity contribution in [2.24, 2.45) is 18.4 Å². The first kappa shape index (κ1) is 41.8. The van der Waals surface area contributed by atoms with E-state index in [1.807, 2.05) is 30.5 Å². The largest absolute Gasteiger partial charge is 0.496 e. The number of carbonyl (C=O) groups excluding carboxylic acids is 5. The minimum absolute atomic E-state index is 0.0668. The van der Waals surface area contributed by atoms with E-state index >= 15 is 0 Å². The van der Waals surface area contributed by atoms with Crippen molar-refractivity contribution in [2.45, 2.75) is 89.6 Å². The molecule has 320 valence electrons. The van der Waals surface area contributed by atoms with E-state index in [0.29, 0.717) is 36.0 Å². The van der Waals surface area contributed by atoms with Crippen LogP contribution in [0.15, 0.2) is 59.8 Å². The van der Waals surface area contributed by atoms with Gasteiger partial charge in [-0.1, -0.05) is 44.2 Å². The molecule has 5 heterocycles. The Bertz CT molecular complexity index is 2420. The molecule has 1 saturated carbocycles. The van der Waals surface area contributed by atoms with E-state index < -0.39 is 23.8 Å². The SMILES string of the molecule is COc1cc(-c2cn(C)c(=O)c3cnccc23)cc(OC)c1CN1CC2(CC(C(=O)NCCCCCCCCCc3cccc4c3C(=O)N(C3CCC(=O)NC3=O)C4=O)C2)C1. The maximum Gasteiger partial charge on any atom is 0.262 e. The highest BCUT2D eigenvalue weighted by molar-refractivity contribution is 6.24. The molecule has 1 unspecified atom stereocenters. The van der Waals surface area contributed by atoms with Crippen LogP contribution in [0.25, 0.3) is 21.9 Å². The fourth-order valence-corrected chi connectivity index (χ4v) is 9.98. The van der Waals surface area contributed by atoms with E-state index in [1.54, 1.807) is 50.4 Å². The number of fused-ring (bicyclic) bond motifs is 2. The number of nitrogens with one attached hydrogen (secondary N) is 2. The minimum Gasteiger partial charge on any atom is -0.496 e. The Hall–Kier alpha value is -5.89. The second-order valence-corrected chi connectivity index (χ2v) is 17.3. The van der Waals surface area contributed by atoms with Crippen molar-refractivity contribution in [3.05, 3.63) is 87.6 Å². The van der Waals surface area contributed by atoms with Gasteiger partial charge in [0.2, 0.25) is 17.7 Å². The molecular weight excluding hydrogens is 777 g/mol. The highest BCUT2D eigenvalue weighted by Crippen LogP contribution is 2.53. The van der Waals surface area contributed by atoms with Crippen molar-refractivity contribution in [1.29, 1.82) is 0 Å². The molecule has 4 aliphatic rings. The predicted molar refractivity (Wildman–Crippen MR) is 228 cm³/mol. The summed E-state index contributed by atoms with van der Waals surface area (Å²) in [5, 5.41) is 6.79. The van der Waals surface area contributed by atoms with Crippen molar-refractivity contribution in [3.8, 4) is 22.6 Å². The smallest absolute Gasteiger partial charge is 0.262 e. The average molecular weight is 831 g/mol. The van der Waals surface area contributed by atoms with Crippen molar-refractivity contribution in [2.75, 3.05) is 33.9 Å². The van der Waals surface area contributed by atoms with Gasteiger partial charge in [-0.3, -0.25) is 48.9 Å². The molecule has 4 aromatic rings. The van der Waals surface area contributed by atoms with Crippen LogP contribution >= 0.6 is 0 Å². The van der Waals surface area contributed by atoms with Crippen LogP contribution in [0.1, 0.15) is 102 Å². The number of piperidine rings is 1. The summed E-state index contributed by atoms with van der Waals surface area (Å²) in [6.07, 6.45) is 15.0. The number of imide groups is 2. The Kier molecular flexibility index (Phi) is 12.1. The highest BCUT2D eigenvalue weighted by Gasteiger charge is 2.54. The van der Waals surface area contributed by atoms with Crippen molar-refractivity contribution in [1.82, 2.24) is 30.0 Å². The molecule has 2 N–H and O–H groups in total. The van der Waals surface area contributed by atoms with Gasteiger partial charge in [0.15, 0.2) is 0 Å². The third-order valence-electron chi connectivity index (χ3n) is 13.1. The summed E-state index contributed by atoms with van der Waals surface area (Å²) in [5.41, 5.74) is 4.39. The van der Waals surface area contributed by atoms with E-state index in [2.05, 4.69) is 20.5 Å². The number of methoxy groups -OCH3 is 2. The summed E-state index contributed by atoms with van der Waals surface area (Å²) in [4.78, 5) is 83.8. The fraction of sp³-hybridized carbons (Fsp3) is 0.468. The molecule has 1 aliphatic carbocycles. The van der Waals surface area contributed by atoms with Crippen molar-refractivity contribution >= 4 is 40.3 Å². The summed E-state index contributed by atoms with van der Waals surface area (Å²) in [7, 11) is 5.07. The number of ether oxygens (including phenoxy) is 2. The van der Waals surface area contributed by atoms with Gasteiger partial charge in [0, 0.05) is 69.7 Å². The number of amides is 5. The van der Waals surface area contributed by atoms with Crippen LogP contribution in [0.4, 0.5) is 0 Å². The number of rotatable bonds is 17. The van der Waals surface area contributed by atoms with Crippen molar-refractivity contribution in [3.63, 3.8) is 0 Å². The monoisotopic (exact) mass is 830 g/mol. The van der Waals surface area contributed by atoms with Gasteiger partial charge in [-0.2, -0.15) is 0 Å². The molecule has 2 aromatic carbocycles. The van der Waals surface area contributed by atoms with Crippen LogP contribution in [0.2, 0.25) is 0 Å². The zero-order valence-corrected chi connectivity index (χ0v) is 35.2. The number of carbonyl (C=O) groups is 5. The van der Waals surface area contributed by atoms with Crippen LogP contribution in [-0.4, -0.2) is 88.8 Å². The van der Waals surface area contributed by atoms with E-state index in [-0.39, 0.29) is 41.5 Å². The maximum atomic E-state index is 13.3. The molecule has 8 rings (SSSR count). The minimum atomic E-state index is -0.960. The van der Waals surface area contributed by atoms with Crippen LogP contribution < -0.4 is 25.7 Å². The lowest BCUT2D eigenvalue weighted by Gasteiger charge is -2.58. The average Bonchev–Trinajstić information content (AvgIpc) is 3.48. The van der Waals surface area contributed by atoms with Gasteiger partial charge in [-0.25, -0.2) is 0 Å². The van der Waals surface area contributed by atoms with Gasteiger partial charge in [0.1, 0.15) is 17.5 Å². The lowest BCUT2D eigenvalue weighted by molar-refractivity contribution is -0.145. The number of unbranched alkanes of at least 4 members (excludes halogenated alkanes) is 6. The predicted octanol–water partition coefficient (Wildman–Crippen LogP) is 5.32. The standard InChI is InChI=1S/C47H54N6O8/c1-51-25-35(32-17-19-48-24-34(32)44(51)57)30-20-38(60-2)36(39(21-30)61-3)26-52-27-47(28-52)22-31(23-47)42(55)49-18-10-8-6-4-5-7-9-12-29-13-11-14-33-41(29)46(59)53(45(33)58)37-15-16-40(54)50-43(37)56/h11,13-14,17,19-21,24-25,31,37H,4-10,12,15-16,18,22-23,26-28H2,1-3H3,(H,49,55)(H,50,54,56). The molecule has 14 nitrogen and oxygen atoms in total. The molecule has 1 atom stereocenters. The topological polar surface area (TPSA) is 169 Å². The van der Waals surface area contributed by atoms with Gasteiger partial charge in [0.25, 0.3) is 17.4 Å². The first-order valence-corrected chi connectivity index (χ1v) is 21.5. The number of benzene rings is 2. The molecule has 3 fully saturated rings.